The Bertz CT molecular complexity index is 1030. The fourth-order valence-corrected chi connectivity index (χ4v) is 3.17. The minimum Gasteiger partial charge on any atom is -0.494 e. The van der Waals surface area contributed by atoms with E-state index in [9.17, 15) is 9.59 Å². The Morgan fingerprint density at radius 1 is 1.10 bits per heavy atom. The third-order valence-corrected chi connectivity index (χ3v) is 4.77. The lowest BCUT2D eigenvalue weighted by Crippen LogP contribution is -2.15. The molecule has 3 rings (SSSR count). The smallest absolute Gasteiger partial charge is 0.338 e. The molecule has 158 valence electrons. The minimum atomic E-state index is -0.551. The van der Waals surface area contributed by atoms with Crippen LogP contribution in [-0.2, 0) is 4.74 Å². The molecule has 7 nitrogen and oxygen atoms in total. The van der Waals surface area contributed by atoms with E-state index in [0.29, 0.717) is 35.1 Å². The predicted octanol–water partition coefficient (Wildman–Crippen LogP) is 4.61. The summed E-state index contributed by atoms with van der Waals surface area (Å²) in [5.74, 6) is 1.17. The molecule has 0 amide bonds. The Morgan fingerprint density at radius 2 is 1.83 bits per heavy atom. The van der Waals surface area contributed by atoms with Gasteiger partial charge in [-0.1, -0.05) is 18.5 Å². The molecule has 0 unspecified atom stereocenters. The zero-order chi connectivity index (χ0) is 21.7. The molecular formula is C23H26N2O5. The topological polar surface area (TPSA) is 83.6 Å². The maximum atomic E-state index is 12.6. The molecule has 0 saturated heterocycles. The molecule has 1 aromatic carbocycles. The van der Waals surface area contributed by atoms with Crippen LogP contribution in [-0.4, -0.2) is 34.7 Å². The molecule has 2 heterocycles. The normalized spacial score (nSPS) is 10.8. The zero-order valence-electron chi connectivity index (χ0n) is 17.7. The number of Topliss-reactive ketones (excluding diaryl/α,β-unsaturated/α-hetero) is 1. The lowest BCUT2D eigenvalue weighted by atomic mass is 10.1. The van der Waals surface area contributed by atoms with Crippen molar-refractivity contribution < 1.29 is 23.6 Å². The molecule has 0 fully saturated rings. The maximum absolute atomic E-state index is 12.6. The first kappa shape index (κ1) is 21.4. The lowest BCUT2D eigenvalue weighted by molar-refractivity contribution is 0.0474. The van der Waals surface area contributed by atoms with E-state index in [-0.39, 0.29) is 12.4 Å². The van der Waals surface area contributed by atoms with Gasteiger partial charge in [0.15, 0.2) is 12.4 Å². The van der Waals surface area contributed by atoms with E-state index >= 15 is 0 Å². The summed E-state index contributed by atoms with van der Waals surface area (Å²) >= 11 is 0. The van der Waals surface area contributed by atoms with Crippen molar-refractivity contribution in [3.63, 3.8) is 0 Å². The van der Waals surface area contributed by atoms with Gasteiger partial charge in [-0.25, -0.2) is 4.79 Å². The average Bonchev–Trinajstić information content (AvgIpc) is 3.28. The summed E-state index contributed by atoms with van der Waals surface area (Å²) in [5, 5.41) is 4.01. The number of hydrogen-bond acceptors (Lipinski definition) is 6. The van der Waals surface area contributed by atoms with Gasteiger partial charge in [0, 0.05) is 23.0 Å². The number of unbranched alkanes of at least 4 members (excludes halogenated alkanes) is 1. The maximum Gasteiger partial charge on any atom is 0.338 e. The van der Waals surface area contributed by atoms with Crippen molar-refractivity contribution in [1.82, 2.24) is 9.72 Å². The third-order valence-electron chi connectivity index (χ3n) is 4.77. The highest BCUT2D eigenvalue weighted by Crippen LogP contribution is 2.21. The Hall–Kier alpha value is -3.35. The number of rotatable bonds is 9. The van der Waals surface area contributed by atoms with Gasteiger partial charge in [0.1, 0.15) is 11.5 Å². The first-order valence-electron chi connectivity index (χ1n) is 9.96. The van der Waals surface area contributed by atoms with E-state index in [1.807, 2.05) is 18.4 Å². The molecule has 3 aromatic rings. The van der Waals surface area contributed by atoms with Crippen LogP contribution >= 0.6 is 0 Å². The second-order valence-electron chi connectivity index (χ2n) is 7.14. The van der Waals surface area contributed by atoms with Crippen molar-refractivity contribution in [3.05, 3.63) is 64.7 Å². The van der Waals surface area contributed by atoms with Crippen LogP contribution in [0.5, 0.6) is 5.75 Å². The summed E-state index contributed by atoms with van der Waals surface area (Å²) < 4.78 is 17.8. The van der Waals surface area contributed by atoms with Crippen molar-refractivity contribution >= 4 is 11.8 Å². The Morgan fingerprint density at radius 3 is 2.47 bits per heavy atom. The lowest BCUT2D eigenvalue weighted by Gasteiger charge is -2.07. The number of carbonyl (C=O) groups excluding carboxylic acids is 2. The zero-order valence-corrected chi connectivity index (χ0v) is 17.7. The summed E-state index contributed by atoms with van der Waals surface area (Å²) in [6.45, 7) is 7.90. The molecule has 0 N–H and O–H groups in total. The molecule has 0 aliphatic carbocycles. The third kappa shape index (κ3) is 4.79. The van der Waals surface area contributed by atoms with E-state index in [0.717, 1.165) is 24.2 Å². The van der Waals surface area contributed by atoms with Crippen LogP contribution in [0.15, 0.2) is 40.9 Å². The van der Waals surface area contributed by atoms with Crippen LogP contribution in [0.25, 0.3) is 5.82 Å². The van der Waals surface area contributed by atoms with Gasteiger partial charge in [-0.05, 0) is 57.5 Å². The van der Waals surface area contributed by atoms with Crippen molar-refractivity contribution in [2.45, 2.75) is 40.5 Å². The molecule has 2 aromatic heterocycles. The largest absolute Gasteiger partial charge is 0.494 e. The van der Waals surface area contributed by atoms with Gasteiger partial charge in [0.2, 0.25) is 5.78 Å². The molecule has 30 heavy (non-hydrogen) atoms. The molecule has 0 aliphatic heterocycles. The van der Waals surface area contributed by atoms with E-state index < -0.39 is 5.97 Å². The van der Waals surface area contributed by atoms with Gasteiger partial charge < -0.3 is 14.0 Å². The SMILES string of the molecule is CCCCOc1ccc(C(=O)OCC(=O)c2cc(C)n(-c3cc(C)on3)c2C)cc1. The summed E-state index contributed by atoms with van der Waals surface area (Å²) in [5.41, 5.74) is 2.42. The number of esters is 1. The van der Waals surface area contributed by atoms with Gasteiger partial charge in [0.25, 0.3) is 0 Å². The number of aromatic nitrogens is 2. The Balaban J connectivity index is 1.62. The Labute approximate surface area is 175 Å². The van der Waals surface area contributed by atoms with Crippen LogP contribution in [0.4, 0.5) is 0 Å². The molecule has 0 spiro atoms. The van der Waals surface area contributed by atoms with Gasteiger partial charge in [-0.3, -0.25) is 9.36 Å². The van der Waals surface area contributed by atoms with Gasteiger partial charge in [-0.2, -0.15) is 0 Å². The first-order valence-corrected chi connectivity index (χ1v) is 9.96. The van der Waals surface area contributed by atoms with Gasteiger partial charge in [-0.15, -0.1) is 0 Å². The standard InChI is InChI=1S/C23H26N2O5/c1-5-6-11-28-19-9-7-18(8-10-19)23(27)29-14-21(26)20-12-15(2)25(17(20)4)22-13-16(3)30-24-22/h7-10,12-13H,5-6,11,14H2,1-4H3. The molecule has 0 radical (unpaired) electrons. The van der Waals surface area contributed by atoms with E-state index in [4.69, 9.17) is 14.0 Å². The monoisotopic (exact) mass is 410 g/mol. The predicted molar refractivity (Wildman–Crippen MR) is 111 cm³/mol. The second kappa shape index (κ2) is 9.43. The number of ketones is 1. The number of ether oxygens (including phenoxy) is 2. The molecule has 7 heteroatoms. The van der Waals surface area contributed by atoms with Crippen molar-refractivity contribution in [2.75, 3.05) is 13.2 Å². The van der Waals surface area contributed by atoms with Gasteiger partial charge in [0.05, 0.1) is 12.2 Å². The molecule has 0 saturated carbocycles. The second-order valence-corrected chi connectivity index (χ2v) is 7.14. The summed E-state index contributed by atoms with van der Waals surface area (Å²) in [6, 6.07) is 10.3. The summed E-state index contributed by atoms with van der Waals surface area (Å²) in [4.78, 5) is 24.9. The molecular weight excluding hydrogens is 384 g/mol. The van der Waals surface area contributed by atoms with Gasteiger partial charge >= 0.3 is 5.97 Å². The van der Waals surface area contributed by atoms with E-state index in [1.54, 1.807) is 43.3 Å². The number of nitrogens with zero attached hydrogens (tertiary/aromatic N) is 2. The number of aryl methyl sites for hydroxylation is 2. The van der Waals surface area contributed by atoms with Crippen molar-refractivity contribution in [1.29, 1.82) is 0 Å². The van der Waals surface area contributed by atoms with Crippen LogP contribution in [0.2, 0.25) is 0 Å². The van der Waals surface area contributed by atoms with Crippen LogP contribution in [0.1, 0.15) is 57.6 Å². The highest BCUT2D eigenvalue weighted by atomic mass is 16.5. The summed E-state index contributed by atoms with van der Waals surface area (Å²) in [7, 11) is 0. The molecule has 0 bridgehead atoms. The first-order chi connectivity index (χ1) is 14.4. The highest BCUT2D eigenvalue weighted by molar-refractivity contribution is 6.00. The van der Waals surface area contributed by atoms with E-state index in [1.165, 1.54) is 0 Å². The number of hydrogen-bond donors (Lipinski definition) is 0. The minimum absolute atomic E-state index is 0.276. The fourth-order valence-electron chi connectivity index (χ4n) is 3.17. The fraction of sp³-hybridized carbons (Fsp3) is 0.348. The van der Waals surface area contributed by atoms with Crippen LogP contribution in [0.3, 0.4) is 0 Å². The summed E-state index contributed by atoms with van der Waals surface area (Å²) in [6.07, 6.45) is 2.03. The van der Waals surface area contributed by atoms with Crippen molar-refractivity contribution in [3.8, 4) is 11.6 Å². The molecule has 0 aliphatic rings. The van der Waals surface area contributed by atoms with Crippen LogP contribution < -0.4 is 4.74 Å². The average molecular weight is 410 g/mol. The highest BCUT2D eigenvalue weighted by Gasteiger charge is 2.20. The van der Waals surface area contributed by atoms with Crippen molar-refractivity contribution in [2.24, 2.45) is 0 Å². The number of carbonyl (C=O) groups is 2. The Kier molecular flexibility index (Phi) is 6.72. The van der Waals surface area contributed by atoms with Crippen LogP contribution in [0, 0.1) is 20.8 Å². The number of benzene rings is 1. The van der Waals surface area contributed by atoms with E-state index in [2.05, 4.69) is 12.1 Å². The molecule has 0 atom stereocenters. The quantitative estimate of drug-likeness (QED) is 0.291.